The predicted molar refractivity (Wildman–Crippen MR) is 68.4 cm³/mol. The Morgan fingerprint density at radius 1 is 1.57 bits per heavy atom. The Morgan fingerprint density at radius 3 is 2.79 bits per heavy atom. The van der Waals surface area contributed by atoms with Crippen LogP contribution in [0.5, 0.6) is 0 Å². The quantitative estimate of drug-likeness (QED) is 0.907. The van der Waals surface area contributed by atoms with Gasteiger partial charge in [-0.3, -0.25) is 0 Å². The van der Waals surface area contributed by atoms with Crippen LogP contribution in [0.25, 0.3) is 0 Å². The Kier molecular flexibility index (Phi) is 3.58. The molecule has 0 aromatic carbocycles. The maximum absolute atomic E-state index is 3.51. The van der Waals surface area contributed by atoms with Crippen LogP contribution in [0.3, 0.4) is 0 Å². The molecule has 1 aromatic rings. The summed E-state index contributed by atoms with van der Waals surface area (Å²) in [6.07, 6.45) is 4.10. The molecule has 1 aliphatic carbocycles. The van der Waals surface area contributed by atoms with E-state index in [0.29, 0.717) is 4.75 Å². The molecule has 0 radical (unpaired) electrons. The van der Waals surface area contributed by atoms with Gasteiger partial charge in [-0.15, -0.1) is 23.1 Å². The molecule has 0 saturated heterocycles. The first kappa shape index (κ1) is 11.0. The van der Waals surface area contributed by atoms with E-state index in [2.05, 4.69) is 33.4 Å². The standard InChI is InChI=1S/C10H14BrNS2/c1-12-7-10(5-2-6-10)14-9-4-3-8(11)13-9/h3-4,12H,2,5-7H2,1H3. The fraction of sp³-hybridized carbons (Fsp3) is 0.600. The molecule has 4 heteroatoms. The fourth-order valence-electron chi connectivity index (χ4n) is 1.77. The van der Waals surface area contributed by atoms with Gasteiger partial charge in [0.25, 0.3) is 0 Å². The second kappa shape index (κ2) is 4.56. The van der Waals surface area contributed by atoms with Gasteiger partial charge in [0.15, 0.2) is 0 Å². The summed E-state index contributed by atoms with van der Waals surface area (Å²) in [5, 5.41) is 3.31. The second-order valence-corrected chi connectivity index (χ2v) is 7.96. The molecular weight excluding hydrogens is 278 g/mol. The van der Waals surface area contributed by atoms with E-state index in [-0.39, 0.29) is 0 Å². The summed E-state index contributed by atoms with van der Waals surface area (Å²) in [6.45, 7) is 1.13. The lowest BCUT2D eigenvalue weighted by atomic mass is 9.84. The first-order valence-corrected chi connectivity index (χ1v) is 7.26. The lowest BCUT2D eigenvalue weighted by Crippen LogP contribution is -2.42. The van der Waals surface area contributed by atoms with Crippen LogP contribution >= 0.6 is 39.0 Å². The molecule has 1 aliphatic rings. The van der Waals surface area contributed by atoms with Crippen LogP contribution in [0, 0.1) is 0 Å². The lowest BCUT2D eigenvalue weighted by Gasteiger charge is -2.40. The Balaban J connectivity index is 2.01. The van der Waals surface area contributed by atoms with Crippen molar-refractivity contribution in [3.63, 3.8) is 0 Å². The van der Waals surface area contributed by atoms with Crippen LogP contribution in [0.1, 0.15) is 19.3 Å². The molecule has 0 bridgehead atoms. The Labute approximate surface area is 102 Å². The molecule has 1 saturated carbocycles. The SMILES string of the molecule is CNCC1(Sc2ccc(Br)s2)CCC1. The summed E-state index contributed by atoms with van der Waals surface area (Å²) in [5.41, 5.74) is 0. The lowest BCUT2D eigenvalue weighted by molar-refractivity contribution is 0.353. The highest BCUT2D eigenvalue weighted by atomic mass is 79.9. The summed E-state index contributed by atoms with van der Waals surface area (Å²) in [5.74, 6) is 0. The van der Waals surface area contributed by atoms with Crippen LogP contribution in [0.15, 0.2) is 20.1 Å². The van der Waals surface area contributed by atoms with Crippen molar-refractivity contribution in [3.05, 3.63) is 15.9 Å². The maximum atomic E-state index is 3.51. The highest BCUT2D eigenvalue weighted by Gasteiger charge is 2.37. The minimum atomic E-state index is 0.485. The molecule has 14 heavy (non-hydrogen) atoms. The largest absolute Gasteiger partial charge is 0.318 e. The number of hydrogen-bond acceptors (Lipinski definition) is 3. The molecule has 1 fully saturated rings. The van der Waals surface area contributed by atoms with Gasteiger partial charge < -0.3 is 5.32 Å². The predicted octanol–water partition coefficient (Wildman–Crippen LogP) is 3.74. The Hall–Kier alpha value is 0.490. The third-order valence-electron chi connectivity index (χ3n) is 2.63. The molecule has 78 valence electrons. The maximum Gasteiger partial charge on any atom is 0.0710 e. The summed E-state index contributed by atoms with van der Waals surface area (Å²) < 4.78 is 3.16. The molecule has 0 atom stereocenters. The number of rotatable bonds is 4. The zero-order valence-electron chi connectivity index (χ0n) is 8.18. The number of halogens is 1. The molecule has 0 spiro atoms. The topological polar surface area (TPSA) is 12.0 Å². The van der Waals surface area contributed by atoms with Crippen LogP contribution in [-0.2, 0) is 0 Å². The van der Waals surface area contributed by atoms with Crippen molar-refractivity contribution in [1.29, 1.82) is 0 Å². The van der Waals surface area contributed by atoms with E-state index in [1.165, 1.54) is 27.3 Å². The van der Waals surface area contributed by atoms with E-state index in [1.807, 2.05) is 30.1 Å². The van der Waals surface area contributed by atoms with Gasteiger partial charge in [0.1, 0.15) is 0 Å². The Morgan fingerprint density at radius 2 is 2.36 bits per heavy atom. The normalized spacial score (nSPS) is 19.3. The third-order valence-corrected chi connectivity index (χ3v) is 5.87. The molecule has 0 aliphatic heterocycles. The number of nitrogens with one attached hydrogen (secondary N) is 1. The van der Waals surface area contributed by atoms with Crippen molar-refractivity contribution < 1.29 is 0 Å². The molecule has 1 N–H and O–H groups in total. The van der Waals surface area contributed by atoms with E-state index in [0.717, 1.165) is 6.54 Å². The third kappa shape index (κ3) is 2.35. The summed E-state index contributed by atoms with van der Waals surface area (Å²) in [4.78, 5) is 0. The first-order chi connectivity index (χ1) is 6.74. The van der Waals surface area contributed by atoms with Gasteiger partial charge >= 0.3 is 0 Å². The zero-order valence-corrected chi connectivity index (χ0v) is 11.4. The fourth-order valence-corrected chi connectivity index (χ4v) is 5.45. The molecular formula is C10H14BrNS2. The van der Waals surface area contributed by atoms with Gasteiger partial charge in [0.05, 0.1) is 8.00 Å². The molecule has 0 amide bonds. The minimum absolute atomic E-state index is 0.485. The smallest absolute Gasteiger partial charge is 0.0710 e. The van der Waals surface area contributed by atoms with Gasteiger partial charge in [-0.05, 0) is 48.0 Å². The summed E-state index contributed by atoms with van der Waals surface area (Å²) in [7, 11) is 2.05. The van der Waals surface area contributed by atoms with Crippen molar-refractivity contribution in [3.8, 4) is 0 Å². The zero-order chi connectivity index (χ0) is 10.0. The van der Waals surface area contributed by atoms with E-state index >= 15 is 0 Å². The number of thiophene rings is 1. The molecule has 2 rings (SSSR count). The highest BCUT2D eigenvalue weighted by Crippen LogP contribution is 2.49. The molecule has 1 aromatic heterocycles. The Bertz CT molecular complexity index is 307. The minimum Gasteiger partial charge on any atom is -0.318 e. The highest BCUT2D eigenvalue weighted by molar-refractivity contribution is 9.11. The van der Waals surface area contributed by atoms with Gasteiger partial charge in [-0.2, -0.15) is 0 Å². The van der Waals surface area contributed by atoms with Crippen molar-refractivity contribution in [2.24, 2.45) is 0 Å². The number of thioether (sulfide) groups is 1. The van der Waals surface area contributed by atoms with E-state index in [4.69, 9.17) is 0 Å². The van der Waals surface area contributed by atoms with E-state index in [9.17, 15) is 0 Å². The number of hydrogen-bond donors (Lipinski definition) is 1. The van der Waals surface area contributed by atoms with E-state index < -0.39 is 0 Å². The molecule has 1 heterocycles. The van der Waals surface area contributed by atoms with Crippen molar-refractivity contribution in [2.75, 3.05) is 13.6 Å². The monoisotopic (exact) mass is 291 g/mol. The molecule has 1 nitrogen and oxygen atoms in total. The van der Waals surface area contributed by atoms with Gasteiger partial charge in [-0.1, -0.05) is 6.42 Å². The average molecular weight is 292 g/mol. The van der Waals surface area contributed by atoms with Crippen LogP contribution in [0.4, 0.5) is 0 Å². The van der Waals surface area contributed by atoms with Gasteiger partial charge in [0, 0.05) is 11.3 Å². The summed E-state index contributed by atoms with van der Waals surface area (Å²) >= 11 is 7.40. The van der Waals surface area contributed by atoms with Crippen LogP contribution < -0.4 is 5.32 Å². The second-order valence-electron chi connectivity index (χ2n) is 3.73. The summed E-state index contributed by atoms with van der Waals surface area (Å²) in [6, 6.07) is 4.36. The van der Waals surface area contributed by atoms with Crippen molar-refractivity contribution in [1.82, 2.24) is 5.32 Å². The van der Waals surface area contributed by atoms with E-state index in [1.54, 1.807) is 0 Å². The van der Waals surface area contributed by atoms with Gasteiger partial charge in [-0.25, -0.2) is 0 Å². The van der Waals surface area contributed by atoms with Gasteiger partial charge in [0.2, 0.25) is 0 Å². The van der Waals surface area contributed by atoms with Crippen LogP contribution in [-0.4, -0.2) is 18.3 Å². The average Bonchev–Trinajstić information content (AvgIpc) is 2.48. The van der Waals surface area contributed by atoms with Crippen LogP contribution in [0.2, 0.25) is 0 Å². The first-order valence-electron chi connectivity index (χ1n) is 4.83. The van der Waals surface area contributed by atoms with Crippen molar-refractivity contribution in [2.45, 2.75) is 28.2 Å². The molecule has 0 unspecified atom stereocenters. The van der Waals surface area contributed by atoms with Crippen molar-refractivity contribution >= 4 is 39.0 Å².